The number of methoxy groups -OCH3 is 1. The van der Waals surface area contributed by atoms with E-state index in [1.54, 1.807) is 42.5 Å². The Morgan fingerprint density at radius 1 is 0.950 bits per heavy atom. The van der Waals surface area contributed by atoms with Crippen molar-refractivity contribution in [3.63, 3.8) is 0 Å². The zero-order valence-corrected chi connectivity index (χ0v) is 25.0. The Bertz CT molecular complexity index is 1380. The van der Waals surface area contributed by atoms with Gasteiger partial charge in [0.15, 0.2) is 0 Å². The lowest BCUT2D eigenvalue weighted by Crippen LogP contribution is -2.50. The molecule has 0 aliphatic heterocycles. The third-order valence-corrected chi connectivity index (χ3v) is 8.32. The number of anilines is 1. The van der Waals surface area contributed by atoms with Gasteiger partial charge < -0.3 is 15.0 Å². The van der Waals surface area contributed by atoms with Gasteiger partial charge in [0.05, 0.1) is 19.1 Å². The number of amides is 2. The molecule has 0 aliphatic carbocycles. The number of benzene rings is 3. The van der Waals surface area contributed by atoms with E-state index in [1.807, 2.05) is 30.3 Å². The molecule has 0 saturated carbocycles. The third-order valence-electron chi connectivity index (χ3n) is 6.42. The highest BCUT2D eigenvalue weighted by atomic mass is 35.5. The number of nitrogens with zero attached hydrogens (tertiary/aromatic N) is 2. The quantitative estimate of drug-likeness (QED) is 0.298. The molecule has 0 spiro atoms. The summed E-state index contributed by atoms with van der Waals surface area (Å²) in [5, 5.41) is 3.42. The number of carbonyl (C=O) groups is 2. The molecule has 0 aliphatic rings. The molecule has 40 heavy (non-hydrogen) atoms. The Kier molecular flexibility index (Phi) is 11.2. The van der Waals surface area contributed by atoms with Crippen molar-refractivity contribution in [3.8, 4) is 5.75 Å². The average Bonchev–Trinajstić information content (AvgIpc) is 2.93. The second-order valence-electron chi connectivity index (χ2n) is 9.18. The van der Waals surface area contributed by atoms with Gasteiger partial charge in [-0.2, -0.15) is 0 Å². The van der Waals surface area contributed by atoms with Crippen LogP contribution in [0.2, 0.25) is 10.0 Å². The Labute approximate surface area is 245 Å². The van der Waals surface area contributed by atoms with Crippen molar-refractivity contribution < 1.29 is 22.7 Å². The van der Waals surface area contributed by atoms with Crippen LogP contribution >= 0.6 is 23.2 Å². The van der Waals surface area contributed by atoms with Gasteiger partial charge in [0.1, 0.15) is 11.8 Å². The standard InChI is InChI=1S/C29H33Cl2N3O5S/c1-32-29(36)27(19-21-9-5-4-6-10-21)33(20-24-25(30)11-7-12-26(24)31)28(35)13-8-18-34(40(3,37)38)22-14-16-23(39-2)17-15-22/h4-7,9-12,14-17,27H,8,13,18-20H2,1-3H3,(H,32,36). The number of hydrogen-bond donors (Lipinski definition) is 1. The van der Waals surface area contributed by atoms with Crippen molar-refractivity contribution >= 4 is 50.7 Å². The molecule has 3 aromatic carbocycles. The van der Waals surface area contributed by atoms with Crippen LogP contribution in [0.4, 0.5) is 5.69 Å². The molecule has 0 bridgehead atoms. The second-order valence-corrected chi connectivity index (χ2v) is 11.9. The first-order valence-corrected chi connectivity index (χ1v) is 15.2. The van der Waals surface area contributed by atoms with Crippen LogP contribution in [0.5, 0.6) is 5.75 Å². The molecule has 3 rings (SSSR count). The Morgan fingerprint density at radius 3 is 2.12 bits per heavy atom. The summed E-state index contributed by atoms with van der Waals surface area (Å²) in [5.41, 5.74) is 1.86. The van der Waals surface area contributed by atoms with E-state index in [1.165, 1.54) is 23.4 Å². The van der Waals surface area contributed by atoms with Gasteiger partial charge in [-0.3, -0.25) is 13.9 Å². The highest BCUT2D eigenvalue weighted by Crippen LogP contribution is 2.28. The zero-order valence-electron chi connectivity index (χ0n) is 22.6. The Morgan fingerprint density at radius 2 is 1.57 bits per heavy atom. The topological polar surface area (TPSA) is 96.0 Å². The van der Waals surface area contributed by atoms with Crippen LogP contribution < -0.4 is 14.4 Å². The van der Waals surface area contributed by atoms with Gasteiger partial charge in [0, 0.05) is 48.6 Å². The molecule has 1 unspecified atom stereocenters. The van der Waals surface area contributed by atoms with Gasteiger partial charge in [0.25, 0.3) is 0 Å². The van der Waals surface area contributed by atoms with Crippen molar-refractivity contribution in [1.29, 1.82) is 0 Å². The fourth-order valence-corrected chi connectivity index (χ4v) is 5.81. The summed E-state index contributed by atoms with van der Waals surface area (Å²) >= 11 is 12.9. The fourth-order valence-electron chi connectivity index (χ4n) is 4.33. The molecule has 1 N–H and O–H groups in total. The lowest BCUT2D eigenvalue weighted by atomic mass is 10.0. The fraction of sp³-hybridized carbons (Fsp3) is 0.310. The average molecular weight is 607 g/mol. The lowest BCUT2D eigenvalue weighted by Gasteiger charge is -2.32. The summed E-state index contributed by atoms with van der Waals surface area (Å²) < 4.78 is 31.5. The van der Waals surface area contributed by atoms with Crippen LogP contribution in [0.25, 0.3) is 0 Å². The van der Waals surface area contributed by atoms with E-state index in [4.69, 9.17) is 27.9 Å². The van der Waals surface area contributed by atoms with E-state index in [0.29, 0.717) is 27.0 Å². The van der Waals surface area contributed by atoms with E-state index in [2.05, 4.69) is 5.32 Å². The number of rotatable bonds is 13. The van der Waals surface area contributed by atoms with Gasteiger partial charge >= 0.3 is 0 Å². The first-order valence-electron chi connectivity index (χ1n) is 12.6. The summed E-state index contributed by atoms with van der Waals surface area (Å²) in [6.07, 6.45) is 1.60. The molecule has 11 heteroatoms. The molecular weight excluding hydrogens is 573 g/mol. The van der Waals surface area contributed by atoms with Gasteiger partial charge in [0.2, 0.25) is 21.8 Å². The second kappa shape index (κ2) is 14.4. The number of ether oxygens (including phenoxy) is 1. The van der Waals surface area contributed by atoms with Crippen molar-refractivity contribution in [3.05, 3.63) is 94.0 Å². The van der Waals surface area contributed by atoms with Crippen molar-refractivity contribution in [2.75, 3.05) is 31.3 Å². The number of carbonyl (C=O) groups excluding carboxylic acids is 2. The first-order chi connectivity index (χ1) is 19.0. The van der Waals surface area contributed by atoms with E-state index in [-0.39, 0.29) is 44.2 Å². The molecule has 2 amide bonds. The van der Waals surface area contributed by atoms with Crippen molar-refractivity contribution in [2.24, 2.45) is 0 Å². The summed E-state index contributed by atoms with van der Waals surface area (Å²) in [5.74, 6) is -0.0695. The highest BCUT2D eigenvalue weighted by molar-refractivity contribution is 7.92. The van der Waals surface area contributed by atoms with E-state index < -0.39 is 16.1 Å². The summed E-state index contributed by atoms with van der Waals surface area (Å²) in [4.78, 5) is 28.3. The van der Waals surface area contributed by atoms with Gasteiger partial charge in [-0.05, 0) is 48.4 Å². The minimum atomic E-state index is -3.62. The van der Waals surface area contributed by atoms with Crippen LogP contribution in [0.15, 0.2) is 72.8 Å². The number of sulfonamides is 1. The number of nitrogens with one attached hydrogen (secondary N) is 1. The maximum absolute atomic E-state index is 13.7. The highest BCUT2D eigenvalue weighted by Gasteiger charge is 2.31. The lowest BCUT2D eigenvalue weighted by molar-refractivity contribution is -0.141. The predicted molar refractivity (Wildman–Crippen MR) is 159 cm³/mol. The zero-order chi connectivity index (χ0) is 29.3. The first kappa shape index (κ1) is 31.3. The minimum absolute atomic E-state index is 0.00741. The van der Waals surface area contributed by atoms with Gasteiger partial charge in [-0.25, -0.2) is 8.42 Å². The largest absolute Gasteiger partial charge is 0.497 e. The van der Waals surface area contributed by atoms with Crippen LogP contribution in [-0.2, 0) is 32.6 Å². The smallest absolute Gasteiger partial charge is 0.242 e. The van der Waals surface area contributed by atoms with Crippen LogP contribution in [0.3, 0.4) is 0 Å². The van der Waals surface area contributed by atoms with Crippen LogP contribution in [-0.4, -0.2) is 58.1 Å². The van der Waals surface area contributed by atoms with Crippen LogP contribution in [0.1, 0.15) is 24.0 Å². The molecule has 8 nitrogen and oxygen atoms in total. The van der Waals surface area contributed by atoms with Gasteiger partial charge in [-0.15, -0.1) is 0 Å². The molecule has 0 heterocycles. The summed E-state index contributed by atoms with van der Waals surface area (Å²) in [6, 6.07) is 20.2. The maximum atomic E-state index is 13.7. The number of likely N-dealkylation sites (N-methyl/N-ethyl adjacent to an activating group) is 1. The molecule has 0 radical (unpaired) electrons. The predicted octanol–water partition coefficient (Wildman–Crippen LogP) is 4.93. The maximum Gasteiger partial charge on any atom is 0.242 e. The van der Waals surface area contributed by atoms with Gasteiger partial charge in [-0.1, -0.05) is 59.6 Å². The van der Waals surface area contributed by atoms with Crippen LogP contribution in [0, 0.1) is 0 Å². The molecule has 0 saturated heterocycles. The van der Waals surface area contributed by atoms with Crippen molar-refractivity contribution in [1.82, 2.24) is 10.2 Å². The minimum Gasteiger partial charge on any atom is -0.497 e. The van der Waals surface area contributed by atoms with Crippen molar-refractivity contribution in [2.45, 2.75) is 31.8 Å². The molecule has 1 atom stereocenters. The van der Waals surface area contributed by atoms with E-state index in [0.717, 1.165) is 11.8 Å². The molecule has 0 fully saturated rings. The number of halogens is 2. The van der Waals surface area contributed by atoms with E-state index in [9.17, 15) is 18.0 Å². The Hall–Kier alpha value is -3.27. The third kappa shape index (κ3) is 8.36. The molecule has 214 valence electrons. The normalized spacial score (nSPS) is 11.9. The molecule has 0 aromatic heterocycles. The molecule has 3 aromatic rings. The summed E-state index contributed by atoms with van der Waals surface area (Å²) in [6.45, 7) is 0.0808. The SMILES string of the molecule is CNC(=O)C(Cc1ccccc1)N(Cc1c(Cl)cccc1Cl)C(=O)CCCN(c1ccc(OC)cc1)S(C)(=O)=O. The summed E-state index contributed by atoms with van der Waals surface area (Å²) in [7, 11) is -0.575. The molecular formula is C29H33Cl2N3O5S. The Balaban J connectivity index is 1.87. The van der Waals surface area contributed by atoms with E-state index >= 15 is 0 Å². The number of hydrogen-bond acceptors (Lipinski definition) is 5. The monoisotopic (exact) mass is 605 g/mol.